The number of aryl methyl sites for hydroxylation is 2. The van der Waals surface area contributed by atoms with Gasteiger partial charge in [0.25, 0.3) is 0 Å². The Morgan fingerprint density at radius 2 is 2.18 bits per heavy atom. The zero-order valence-electron chi connectivity index (χ0n) is 10.1. The largest absolute Gasteiger partial charge is 0.286 e. The van der Waals surface area contributed by atoms with Crippen molar-refractivity contribution in [2.75, 3.05) is 0 Å². The molecule has 0 aromatic carbocycles. The quantitative estimate of drug-likeness (QED) is 0.815. The van der Waals surface area contributed by atoms with Gasteiger partial charge in [-0.3, -0.25) is 10.5 Å². The van der Waals surface area contributed by atoms with Crippen LogP contribution in [0.25, 0.3) is 0 Å². The second kappa shape index (κ2) is 4.82. The molecule has 2 heterocycles. The molecule has 0 radical (unpaired) electrons. The lowest BCUT2D eigenvalue weighted by Gasteiger charge is -2.09. The van der Waals surface area contributed by atoms with Crippen LogP contribution in [0.3, 0.4) is 0 Å². The zero-order chi connectivity index (χ0) is 12.3. The zero-order valence-corrected chi connectivity index (χ0v) is 10.1. The van der Waals surface area contributed by atoms with Crippen LogP contribution in [0.2, 0.25) is 0 Å². The van der Waals surface area contributed by atoms with Crippen LogP contribution in [0.1, 0.15) is 17.0 Å². The molecule has 1 aliphatic heterocycles. The summed E-state index contributed by atoms with van der Waals surface area (Å²) in [5.41, 5.74) is 8.34. The van der Waals surface area contributed by atoms with E-state index in [1.165, 1.54) is 5.56 Å². The SMILES string of the molecule is C=C1/C=C\C=N/N/C=C\1Cc1c(C)n[nH]c1C. The number of hydrogen-bond donors (Lipinski definition) is 2. The monoisotopic (exact) mass is 228 g/mol. The first-order valence-electron chi connectivity index (χ1n) is 5.52. The van der Waals surface area contributed by atoms with Crippen molar-refractivity contribution in [2.24, 2.45) is 5.10 Å². The summed E-state index contributed by atoms with van der Waals surface area (Å²) >= 11 is 0. The molecule has 4 nitrogen and oxygen atoms in total. The van der Waals surface area contributed by atoms with E-state index in [0.717, 1.165) is 29.0 Å². The van der Waals surface area contributed by atoms with E-state index >= 15 is 0 Å². The van der Waals surface area contributed by atoms with Crippen LogP contribution in [0.15, 0.2) is 41.2 Å². The highest BCUT2D eigenvalue weighted by molar-refractivity contribution is 5.72. The minimum Gasteiger partial charge on any atom is -0.286 e. The molecule has 1 aromatic rings. The van der Waals surface area contributed by atoms with Crippen molar-refractivity contribution in [3.8, 4) is 0 Å². The number of allylic oxidation sites excluding steroid dienone is 4. The lowest BCUT2D eigenvalue weighted by Crippen LogP contribution is -2.03. The van der Waals surface area contributed by atoms with E-state index in [9.17, 15) is 0 Å². The molecular formula is C13H16N4. The average Bonchev–Trinajstić information content (AvgIpc) is 2.60. The Kier molecular flexibility index (Phi) is 3.23. The lowest BCUT2D eigenvalue weighted by molar-refractivity contribution is 0.944. The molecule has 4 heteroatoms. The van der Waals surface area contributed by atoms with Crippen molar-refractivity contribution >= 4 is 6.21 Å². The Bertz CT molecular complexity index is 498. The minimum atomic E-state index is 0.805. The molecule has 17 heavy (non-hydrogen) atoms. The van der Waals surface area contributed by atoms with E-state index in [1.54, 1.807) is 6.21 Å². The second-order valence-corrected chi connectivity index (χ2v) is 4.05. The third kappa shape index (κ3) is 2.53. The van der Waals surface area contributed by atoms with Crippen LogP contribution in [0.4, 0.5) is 0 Å². The number of nitrogens with zero attached hydrogens (tertiary/aromatic N) is 2. The predicted molar refractivity (Wildman–Crippen MR) is 69.8 cm³/mol. The minimum absolute atomic E-state index is 0.805. The molecule has 2 N–H and O–H groups in total. The summed E-state index contributed by atoms with van der Waals surface area (Å²) in [5.74, 6) is 0. The van der Waals surface area contributed by atoms with E-state index in [0.29, 0.717) is 0 Å². The van der Waals surface area contributed by atoms with Crippen molar-refractivity contribution in [2.45, 2.75) is 20.3 Å². The normalized spacial score (nSPS) is 22.0. The Balaban J connectivity index is 2.26. The molecule has 0 aliphatic carbocycles. The molecule has 0 saturated carbocycles. The molecule has 0 bridgehead atoms. The molecule has 0 fully saturated rings. The molecule has 1 aromatic heterocycles. The van der Waals surface area contributed by atoms with Gasteiger partial charge in [-0.05, 0) is 31.1 Å². The van der Waals surface area contributed by atoms with Crippen molar-refractivity contribution in [1.29, 1.82) is 0 Å². The maximum atomic E-state index is 4.20. The summed E-state index contributed by atoms with van der Waals surface area (Å²) in [7, 11) is 0. The number of aromatic amines is 1. The third-order valence-corrected chi connectivity index (χ3v) is 2.83. The average molecular weight is 228 g/mol. The van der Waals surface area contributed by atoms with Gasteiger partial charge >= 0.3 is 0 Å². The van der Waals surface area contributed by atoms with Gasteiger partial charge in [0.2, 0.25) is 0 Å². The summed E-state index contributed by atoms with van der Waals surface area (Å²) in [5, 5.41) is 11.2. The van der Waals surface area contributed by atoms with Gasteiger partial charge in [0.15, 0.2) is 0 Å². The highest BCUT2D eigenvalue weighted by Gasteiger charge is 2.10. The molecule has 2 rings (SSSR count). The first kappa shape index (κ1) is 11.4. The smallest absolute Gasteiger partial charge is 0.0629 e. The third-order valence-electron chi connectivity index (χ3n) is 2.83. The van der Waals surface area contributed by atoms with Gasteiger partial charge in [-0.25, -0.2) is 0 Å². The number of aromatic nitrogens is 2. The second-order valence-electron chi connectivity index (χ2n) is 4.05. The predicted octanol–water partition coefficient (Wildman–Crippen LogP) is 2.15. The molecule has 0 saturated heterocycles. The molecule has 0 atom stereocenters. The fourth-order valence-corrected chi connectivity index (χ4v) is 1.75. The first-order valence-corrected chi connectivity index (χ1v) is 5.52. The molecule has 1 aliphatic rings. The van der Waals surface area contributed by atoms with Crippen LogP contribution in [0, 0.1) is 13.8 Å². The van der Waals surface area contributed by atoms with Crippen LogP contribution < -0.4 is 5.43 Å². The Hall–Kier alpha value is -2.10. The number of nitrogens with one attached hydrogen (secondary N) is 2. The summed E-state index contributed by atoms with van der Waals surface area (Å²) < 4.78 is 0. The van der Waals surface area contributed by atoms with E-state index in [2.05, 4.69) is 27.3 Å². The summed E-state index contributed by atoms with van der Waals surface area (Å²) in [6, 6.07) is 0. The molecule has 0 spiro atoms. The highest BCUT2D eigenvalue weighted by Crippen LogP contribution is 2.19. The number of rotatable bonds is 2. The summed E-state index contributed by atoms with van der Waals surface area (Å²) in [6.45, 7) is 8.09. The molecule has 88 valence electrons. The van der Waals surface area contributed by atoms with Crippen LogP contribution in [-0.4, -0.2) is 16.4 Å². The van der Waals surface area contributed by atoms with Gasteiger partial charge in [0.05, 0.1) is 5.69 Å². The van der Waals surface area contributed by atoms with Crippen LogP contribution >= 0.6 is 0 Å². The van der Waals surface area contributed by atoms with E-state index < -0.39 is 0 Å². The van der Waals surface area contributed by atoms with Gasteiger partial charge < -0.3 is 0 Å². The van der Waals surface area contributed by atoms with Gasteiger partial charge in [-0.1, -0.05) is 12.7 Å². The van der Waals surface area contributed by atoms with Crippen molar-refractivity contribution in [3.05, 3.63) is 53.0 Å². The number of hydrogen-bond acceptors (Lipinski definition) is 3. The summed E-state index contributed by atoms with van der Waals surface area (Å²) in [4.78, 5) is 0. The highest BCUT2D eigenvalue weighted by atomic mass is 15.3. The van der Waals surface area contributed by atoms with E-state index in [1.807, 2.05) is 32.2 Å². The van der Waals surface area contributed by atoms with Gasteiger partial charge in [-0.15, -0.1) is 0 Å². The Labute approximate surface area is 101 Å². The van der Waals surface area contributed by atoms with Crippen LogP contribution in [0.5, 0.6) is 0 Å². The van der Waals surface area contributed by atoms with E-state index in [4.69, 9.17) is 0 Å². The Morgan fingerprint density at radius 1 is 1.35 bits per heavy atom. The topological polar surface area (TPSA) is 53.1 Å². The van der Waals surface area contributed by atoms with Gasteiger partial charge in [0.1, 0.15) is 0 Å². The Morgan fingerprint density at radius 3 is 2.88 bits per heavy atom. The first-order chi connectivity index (χ1) is 8.18. The number of H-pyrrole nitrogens is 1. The molecule has 0 unspecified atom stereocenters. The fourth-order valence-electron chi connectivity index (χ4n) is 1.75. The van der Waals surface area contributed by atoms with Gasteiger partial charge in [-0.2, -0.15) is 10.2 Å². The van der Waals surface area contributed by atoms with Gasteiger partial charge in [0, 0.05) is 30.1 Å². The molecule has 0 amide bonds. The lowest BCUT2D eigenvalue weighted by atomic mass is 9.98. The van der Waals surface area contributed by atoms with Crippen LogP contribution in [-0.2, 0) is 6.42 Å². The summed E-state index contributed by atoms with van der Waals surface area (Å²) in [6.07, 6.45) is 8.22. The fraction of sp³-hybridized carbons (Fsp3) is 0.231. The van der Waals surface area contributed by atoms with Crippen molar-refractivity contribution in [1.82, 2.24) is 15.6 Å². The molecular weight excluding hydrogens is 212 g/mol. The maximum absolute atomic E-state index is 4.20. The maximum Gasteiger partial charge on any atom is 0.0629 e. The van der Waals surface area contributed by atoms with Crippen molar-refractivity contribution < 1.29 is 0 Å². The van der Waals surface area contributed by atoms with E-state index in [-0.39, 0.29) is 0 Å². The number of hydrazone groups is 1. The van der Waals surface area contributed by atoms with Crippen molar-refractivity contribution in [3.63, 3.8) is 0 Å². The standard InChI is InChI=1S/C13H16N4/c1-9-5-4-6-14-15-8-12(9)7-13-10(2)16-17-11(13)3/h4-6,8,15H,1,7H2,2-3H3,(H,16,17)/b5-4-,12-8-,14-6-.